The molecule has 0 N–H and O–H groups in total. The maximum Gasteiger partial charge on any atom is 0.176 e. The van der Waals surface area contributed by atoms with Crippen LogP contribution in [0.25, 0.3) is 21.5 Å². The molecule has 0 aliphatic carbocycles. The molecule has 2 aromatic heterocycles. The summed E-state index contributed by atoms with van der Waals surface area (Å²) >= 11 is 0. The summed E-state index contributed by atoms with van der Waals surface area (Å²) in [6, 6.07) is 21.9. The van der Waals surface area contributed by atoms with Gasteiger partial charge in [0.1, 0.15) is 13.1 Å². The SMILES string of the molecule is [I-].[I-].c1ccc2c[n+](CCCCCCCCCCCCCCCCCCCCCCCCCCCCCCCCCCCCCCCC[n+]3ccc4ccccc4c3)ccc2c1. The molecule has 2 nitrogen and oxygen atoms in total. The normalized spacial score (nSPS) is 11.3. The smallest absolute Gasteiger partial charge is 0.176 e. The molecule has 0 radical (unpaired) electrons. The first-order chi connectivity index (χ1) is 29.9. The number of halogens is 2. The van der Waals surface area contributed by atoms with Gasteiger partial charge in [0.05, 0.1) is 0 Å². The Hall–Kier alpha value is -1.28. The summed E-state index contributed by atoms with van der Waals surface area (Å²) in [4.78, 5) is 0. The lowest BCUT2D eigenvalue weighted by atomic mass is 10.0. The fraction of sp³-hybridized carbons (Fsp3) is 0.690. The van der Waals surface area contributed by atoms with Crippen LogP contribution in [0.1, 0.15) is 244 Å². The summed E-state index contributed by atoms with van der Waals surface area (Å²) in [5.41, 5.74) is 0. The lowest BCUT2D eigenvalue weighted by Crippen LogP contribution is -3.00. The Morgan fingerprint density at radius 1 is 0.210 bits per heavy atom. The molecule has 4 heteroatoms. The van der Waals surface area contributed by atoms with Gasteiger partial charge in [-0.2, -0.15) is 0 Å². The average molecular weight is 1070 g/mol. The Morgan fingerprint density at radius 3 is 0.597 bits per heavy atom. The minimum absolute atomic E-state index is 0. The molecule has 2 heterocycles. The highest BCUT2D eigenvalue weighted by Crippen LogP contribution is 2.18. The first-order valence-electron chi connectivity index (χ1n) is 26.6. The molecule has 0 bridgehead atoms. The molecule has 4 rings (SSSR count). The van der Waals surface area contributed by atoms with Crippen LogP contribution in [0.3, 0.4) is 0 Å². The van der Waals surface area contributed by atoms with Crippen molar-refractivity contribution in [2.24, 2.45) is 0 Å². The van der Waals surface area contributed by atoms with Gasteiger partial charge in [-0.15, -0.1) is 0 Å². The van der Waals surface area contributed by atoms with Crippen LogP contribution in [0, 0.1) is 0 Å². The van der Waals surface area contributed by atoms with E-state index in [1.807, 2.05) is 0 Å². The van der Waals surface area contributed by atoms with Crippen molar-refractivity contribution in [3.63, 3.8) is 0 Å². The second kappa shape index (κ2) is 41.2. The van der Waals surface area contributed by atoms with Crippen LogP contribution in [0.5, 0.6) is 0 Å². The minimum atomic E-state index is 0. The maximum absolute atomic E-state index is 2.37. The zero-order valence-corrected chi connectivity index (χ0v) is 44.3. The Labute approximate surface area is 418 Å². The predicted octanol–water partition coefficient (Wildman–Crippen LogP) is 12.1. The molecule has 0 atom stereocenters. The van der Waals surface area contributed by atoms with Crippen molar-refractivity contribution in [2.75, 3.05) is 0 Å². The van der Waals surface area contributed by atoms with Gasteiger partial charge in [0, 0.05) is 35.7 Å². The molecule has 0 saturated carbocycles. The van der Waals surface area contributed by atoms with E-state index in [1.165, 1.54) is 266 Å². The summed E-state index contributed by atoms with van der Waals surface area (Å²) in [6.07, 6.45) is 64.4. The van der Waals surface area contributed by atoms with Crippen LogP contribution in [0.2, 0.25) is 0 Å². The number of unbranched alkanes of at least 4 members (excludes halogenated alkanes) is 37. The highest BCUT2D eigenvalue weighted by Gasteiger charge is 2.05. The highest BCUT2D eigenvalue weighted by atomic mass is 127. The molecular formula is C58H94I2N2. The van der Waals surface area contributed by atoms with Crippen LogP contribution in [0.4, 0.5) is 0 Å². The van der Waals surface area contributed by atoms with E-state index in [-0.39, 0.29) is 48.0 Å². The van der Waals surface area contributed by atoms with Gasteiger partial charge < -0.3 is 48.0 Å². The van der Waals surface area contributed by atoms with Crippen LogP contribution in [0.15, 0.2) is 85.5 Å². The molecule has 4 aromatic rings. The number of pyridine rings is 2. The molecule has 350 valence electrons. The Morgan fingerprint density at radius 2 is 0.387 bits per heavy atom. The van der Waals surface area contributed by atoms with Crippen molar-refractivity contribution in [1.29, 1.82) is 0 Å². The summed E-state index contributed by atoms with van der Waals surface area (Å²) in [7, 11) is 0. The lowest BCUT2D eigenvalue weighted by Gasteiger charge is -2.05. The molecule has 0 spiro atoms. The molecule has 62 heavy (non-hydrogen) atoms. The first kappa shape index (κ1) is 56.8. The van der Waals surface area contributed by atoms with Gasteiger partial charge in [0.2, 0.25) is 0 Å². The van der Waals surface area contributed by atoms with E-state index < -0.39 is 0 Å². The standard InChI is InChI=1S/C58H94N2.2HI/c1(3-5-7-9-11-13-15-17-19-21-23-25-27-29-31-33-35-41-49-59-51-47-55-43-37-39-45-57(55)53-59)2-4-6-8-10-12-14-16-18-20-22-24-26-28-30-32-34-36-42-50-60-52-48-56-44-38-40-46-58(56)54-60;;/h37-40,43-48,51-54H,1-36,41-42,49-50H2;2*1H/q+2;;/p-2. The van der Waals surface area contributed by atoms with E-state index in [4.69, 9.17) is 0 Å². The fourth-order valence-corrected chi connectivity index (χ4v) is 9.59. The molecule has 2 aromatic carbocycles. The fourth-order valence-electron chi connectivity index (χ4n) is 9.59. The second-order valence-electron chi connectivity index (χ2n) is 19.1. The van der Waals surface area contributed by atoms with Crippen molar-refractivity contribution in [2.45, 2.75) is 257 Å². The summed E-state index contributed by atoms with van der Waals surface area (Å²) in [5.74, 6) is 0. The molecule has 0 unspecified atom stereocenters. The summed E-state index contributed by atoms with van der Waals surface area (Å²) in [6.45, 7) is 2.31. The highest BCUT2D eigenvalue weighted by molar-refractivity contribution is 5.80. The molecule has 0 amide bonds. The zero-order valence-electron chi connectivity index (χ0n) is 40.0. The molecule has 0 aliphatic heterocycles. The van der Waals surface area contributed by atoms with Crippen molar-refractivity contribution >= 4 is 21.5 Å². The Bertz CT molecular complexity index is 1450. The van der Waals surface area contributed by atoms with Gasteiger partial charge in [-0.25, -0.2) is 9.13 Å². The summed E-state index contributed by atoms with van der Waals surface area (Å²) in [5, 5.41) is 5.39. The topological polar surface area (TPSA) is 7.76 Å². The van der Waals surface area contributed by atoms with E-state index in [2.05, 4.69) is 94.6 Å². The third-order valence-electron chi connectivity index (χ3n) is 13.6. The van der Waals surface area contributed by atoms with Crippen LogP contribution < -0.4 is 57.1 Å². The largest absolute Gasteiger partial charge is 1.00 e. The zero-order chi connectivity index (χ0) is 41.6. The van der Waals surface area contributed by atoms with E-state index in [0.717, 1.165) is 13.1 Å². The molecule has 0 aliphatic rings. The van der Waals surface area contributed by atoms with E-state index in [9.17, 15) is 0 Å². The van der Waals surface area contributed by atoms with E-state index in [0.29, 0.717) is 0 Å². The number of fused-ring (bicyclic) bond motifs is 2. The van der Waals surface area contributed by atoms with Crippen molar-refractivity contribution in [3.05, 3.63) is 85.5 Å². The maximum atomic E-state index is 2.37. The van der Waals surface area contributed by atoms with Crippen molar-refractivity contribution < 1.29 is 57.1 Å². The lowest BCUT2D eigenvalue weighted by molar-refractivity contribution is -0.696. The molecular weight excluding hydrogens is 978 g/mol. The van der Waals surface area contributed by atoms with Crippen molar-refractivity contribution in [3.8, 4) is 0 Å². The molecule has 0 fully saturated rings. The van der Waals surface area contributed by atoms with Gasteiger partial charge in [0.15, 0.2) is 24.8 Å². The third-order valence-corrected chi connectivity index (χ3v) is 13.6. The van der Waals surface area contributed by atoms with Crippen molar-refractivity contribution in [1.82, 2.24) is 0 Å². The van der Waals surface area contributed by atoms with Crippen LogP contribution >= 0.6 is 0 Å². The number of hydrogen-bond acceptors (Lipinski definition) is 0. The number of nitrogens with zero attached hydrogens (tertiary/aromatic N) is 2. The van der Waals surface area contributed by atoms with Gasteiger partial charge in [-0.3, -0.25) is 0 Å². The first-order valence-corrected chi connectivity index (χ1v) is 26.6. The van der Waals surface area contributed by atoms with Gasteiger partial charge in [-0.05, 0) is 35.7 Å². The Balaban J connectivity index is 0.00000661. The van der Waals surface area contributed by atoms with Crippen LogP contribution in [-0.4, -0.2) is 0 Å². The van der Waals surface area contributed by atoms with E-state index >= 15 is 0 Å². The number of hydrogen-bond donors (Lipinski definition) is 0. The quantitative estimate of drug-likeness (QED) is 0.0238. The van der Waals surface area contributed by atoms with Crippen LogP contribution in [-0.2, 0) is 13.1 Å². The number of aryl methyl sites for hydroxylation is 2. The molecule has 0 saturated heterocycles. The monoisotopic (exact) mass is 1070 g/mol. The third kappa shape index (κ3) is 29.3. The summed E-state index contributed by atoms with van der Waals surface area (Å²) < 4.78 is 4.74. The predicted molar refractivity (Wildman–Crippen MR) is 264 cm³/mol. The minimum Gasteiger partial charge on any atom is -1.00 e. The average Bonchev–Trinajstić information content (AvgIpc) is 3.28. The number of rotatable bonds is 41. The Kier molecular flexibility index (Phi) is 37.8. The number of benzene rings is 2. The van der Waals surface area contributed by atoms with Gasteiger partial charge in [0.25, 0.3) is 0 Å². The number of aromatic nitrogens is 2. The van der Waals surface area contributed by atoms with Gasteiger partial charge in [-0.1, -0.05) is 255 Å². The van der Waals surface area contributed by atoms with Gasteiger partial charge >= 0.3 is 0 Å². The van der Waals surface area contributed by atoms with E-state index in [1.54, 1.807) is 0 Å². The second-order valence-corrected chi connectivity index (χ2v) is 19.1.